The summed E-state index contributed by atoms with van der Waals surface area (Å²) in [4.78, 5) is 4.29. The Morgan fingerprint density at radius 1 is 1.39 bits per heavy atom. The van der Waals surface area contributed by atoms with Gasteiger partial charge >= 0.3 is 0 Å². The van der Waals surface area contributed by atoms with Crippen LogP contribution in [0.1, 0.15) is 13.8 Å². The maximum Gasteiger partial charge on any atom is 0.167 e. The van der Waals surface area contributed by atoms with Gasteiger partial charge in [-0.15, -0.1) is 0 Å². The molecule has 0 heterocycles. The van der Waals surface area contributed by atoms with Crippen molar-refractivity contribution in [2.45, 2.75) is 13.8 Å². The van der Waals surface area contributed by atoms with Crippen molar-refractivity contribution in [3.05, 3.63) is 35.8 Å². The predicted octanol–water partition coefficient (Wildman–Crippen LogP) is 2.55. The number of hydrogen-bond donors (Lipinski definition) is 2. The molecule has 0 bridgehead atoms. The molecule has 2 N–H and O–H groups in total. The fourth-order valence-electron chi connectivity index (χ4n) is 1.51. The second kappa shape index (κ2) is 6.76. The van der Waals surface area contributed by atoms with Gasteiger partial charge in [0.25, 0.3) is 0 Å². The van der Waals surface area contributed by atoms with E-state index in [1.54, 1.807) is 19.2 Å². The van der Waals surface area contributed by atoms with E-state index in [-0.39, 0.29) is 5.75 Å². The SMILES string of the molecule is CNN/C(C)=C\C(C)=Nc1ccc(OC)c(F)c1. The summed E-state index contributed by atoms with van der Waals surface area (Å²) in [5.41, 5.74) is 8.00. The molecule has 0 aliphatic rings. The lowest BCUT2D eigenvalue weighted by Gasteiger charge is -2.04. The molecule has 1 rings (SSSR count). The minimum absolute atomic E-state index is 0.218. The standard InChI is InChI=1S/C13H18FN3O/c1-9(7-10(2)17-15-3)16-11-5-6-13(18-4)12(14)8-11/h5-8,15,17H,1-4H3/b10-7-,16-9?. The molecule has 0 radical (unpaired) electrons. The number of allylic oxidation sites excluding steroid dienone is 2. The Morgan fingerprint density at radius 3 is 2.67 bits per heavy atom. The average molecular weight is 251 g/mol. The van der Waals surface area contributed by atoms with Gasteiger partial charge in [0.05, 0.1) is 12.8 Å². The van der Waals surface area contributed by atoms with E-state index in [0.29, 0.717) is 5.69 Å². The Kier molecular flexibility index (Phi) is 5.32. The van der Waals surface area contributed by atoms with Gasteiger partial charge in [0.1, 0.15) is 0 Å². The highest BCUT2D eigenvalue weighted by Gasteiger charge is 2.02. The number of methoxy groups -OCH3 is 1. The summed E-state index contributed by atoms with van der Waals surface area (Å²) in [6.07, 6.45) is 1.86. The number of nitrogens with zero attached hydrogens (tertiary/aromatic N) is 1. The van der Waals surface area contributed by atoms with Crippen LogP contribution >= 0.6 is 0 Å². The summed E-state index contributed by atoms with van der Waals surface area (Å²) in [6, 6.07) is 4.61. The topological polar surface area (TPSA) is 45.7 Å². The molecule has 1 aromatic carbocycles. The van der Waals surface area contributed by atoms with Crippen LogP contribution in [0.15, 0.2) is 35.0 Å². The smallest absolute Gasteiger partial charge is 0.167 e. The Balaban J connectivity index is 2.89. The third-order valence-corrected chi connectivity index (χ3v) is 2.19. The molecule has 0 fully saturated rings. The highest BCUT2D eigenvalue weighted by Crippen LogP contribution is 2.22. The fourth-order valence-corrected chi connectivity index (χ4v) is 1.51. The summed E-state index contributed by atoms with van der Waals surface area (Å²) in [7, 11) is 3.21. The average Bonchev–Trinajstić information content (AvgIpc) is 2.29. The van der Waals surface area contributed by atoms with Gasteiger partial charge < -0.3 is 10.2 Å². The van der Waals surface area contributed by atoms with Crippen LogP contribution in [0, 0.1) is 5.82 Å². The first kappa shape index (κ1) is 14.2. The molecule has 4 nitrogen and oxygen atoms in total. The maximum atomic E-state index is 13.5. The Morgan fingerprint density at radius 2 is 2.11 bits per heavy atom. The minimum atomic E-state index is -0.416. The lowest BCUT2D eigenvalue weighted by Crippen LogP contribution is -2.25. The predicted molar refractivity (Wildman–Crippen MR) is 71.7 cm³/mol. The van der Waals surface area contributed by atoms with Gasteiger partial charge in [0, 0.05) is 24.5 Å². The number of aliphatic imine (C=N–C) groups is 1. The lowest BCUT2D eigenvalue weighted by molar-refractivity contribution is 0.386. The van der Waals surface area contributed by atoms with Gasteiger partial charge in [-0.3, -0.25) is 4.99 Å². The molecule has 18 heavy (non-hydrogen) atoms. The number of benzene rings is 1. The summed E-state index contributed by atoms with van der Waals surface area (Å²) in [5, 5.41) is 0. The molecule has 1 aromatic rings. The van der Waals surface area contributed by atoms with Gasteiger partial charge in [-0.1, -0.05) is 0 Å². The van der Waals surface area contributed by atoms with Crippen LogP contribution in [0.4, 0.5) is 10.1 Å². The van der Waals surface area contributed by atoms with Crippen molar-refractivity contribution in [3.63, 3.8) is 0 Å². The van der Waals surface area contributed by atoms with Gasteiger partial charge in [-0.05, 0) is 32.1 Å². The van der Waals surface area contributed by atoms with Crippen LogP contribution in [0.25, 0.3) is 0 Å². The third-order valence-electron chi connectivity index (χ3n) is 2.19. The molecule has 0 amide bonds. The highest BCUT2D eigenvalue weighted by atomic mass is 19.1. The number of nitrogens with one attached hydrogen (secondary N) is 2. The van der Waals surface area contributed by atoms with E-state index in [4.69, 9.17) is 4.74 Å². The number of rotatable bonds is 5. The molecule has 0 aliphatic heterocycles. The molecular weight excluding hydrogens is 233 g/mol. The van der Waals surface area contributed by atoms with E-state index in [9.17, 15) is 4.39 Å². The lowest BCUT2D eigenvalue weighted by atomic mass is 10.2. The van der Waals surface area contributed by atoms with Crippen molar-refractivity contribution >= 4 is 11.4 Å². The normalized spacial score (nSPS) is 12.5. The third kappa shape index (κ3) is 4.18. The monoisotopic (exact) mass is 251 g/mol. The van der Waals surface area contributed by atoms with Crippen LogP contribution in [0.2, 0.25) is 0 Å². The van der Waals surface area contributed by atoms with Gasteiger partial charge in [0.15, 0.2) is 11.6 Å². The first-order valence-electron chi connectivity index (χ1n) is 5.56. The van der Waals surface area contributed by atoms with Crippen LogP contribution < -0.4 is 15.6 Å². The maximum absolute atomic E-state index is 13.5. The molecule has 0 aromatic heterocycles. The number of halogens is 1. The van der Waals surface area contributed by atoms with E-state index >= 15 is 0 Å². The van der Waals surface area contributed by atoms with Crippen LogP contribution in [-0.2, 0) is 0 Å². The molecule has 0 spiro atoms. The second-order valence-corrected chi connectivity index (χ2v) is 3.77. The molecule has 0 atom stereocenters. The Hall–Kier alpha value is -1.88. The summed E-state index contributed by atoms with van der Waals surface area (Å²) in [5.74, 6) is -0.198. The quantitative estimate of drug-likeness (QED) is 0.624. The first-order valence-corrected chi connectivity index (χ1v) is 5.56. The number of hydrazine groups is 1. The Labute approximate surface area is 107 Å². The van der Waals surface area contributed by atoms with Gasteiger partial charge in [-0.25, -0.2) is 9.82 Å². The van der Waals surface area contributed by atoms with Crippen LogP contribution in [0.3, 0.4) is 0 Å². The van der Waals surface area contributed by atoms with Crippen molar-refractivity contribution in [1.29, 1.82) is 0 Å². The van der Waals surface area contributed by atoms with Crippen molar-refractivity contribution in [2.75, 3.05) is 14.2 Å². The van der Waals surface area contributed by atoms with Crippen molar-refractivity contribution in [1.82, 2.24) is 10.9 Å². The van der Waals surface area contributed by atoms with Gasteiger partial charge in [0.2, 0.25) is 0 Å². The number of hydrogen-bond acceptors (Lipinski definition) is 4. The van der Waals surface area contributed by atoms with E-state index in [1.165, 1.54) is 13.2 Å². The van der Waals surface area contributed by atoms with E-state index in [2.05, 4.69) is 15.8 Å². The Bertz CT molecular complexity index is 469. The van der Waals surface area contributed by atoms with E-state index < -0.39 is 5.82 Å². The van der Waals surface area contributed by atoms with Crippen LogP contribution in [0.5, 0.6) is 5.75 Å². The summed E-state index contributed by atoms with van der Waals surface area (Å²) < 4.78 is 18.3. The minimum Gasteiger partial charge on any atom is -0.494 e. The highest BCUT2D eigenvalue weighted by molar-refractivity contribution is 5.95. The van der Waals surface area contributed by atoms with Crippen molar-refractivity contribution < 1.29 is 9.13 Å². The van der Waals surface area contributed by atoms with Crippen molar-refractivity contribution in [2.24, 2.45) is 4.99 Å². The number of ether oxygens (including phenoxy) is 1. The zero-order chi connectivity index (χ0) is 13.5. The molecule has 0 saturated carbocycles. The molecule has 0 aliphatic carbocycles. The molecule has 5 heteroatoms. The van der Waals surface area contributed by atoms with Crippen LogP contribution in [-0.4, -0.2) is 19.9 Å². The molecule has 0 saturated heterocycles. The second-order valence-electron chi connectivity index (χ2n) is 3.77. The van der Waals surface area contributed by atoms with E-state index in [1.807, 2.05) is 19.9 Å². The zero-order valence-electron chi connectivity index (χ0n) is 11.0. The molecule has 98 valence electrons. The largest absolute Gasteiger partial charge is 0.494 e. The van der Waals surface area contributed by atoms with Gasteiger partial charge in [-0.2, -0.15) is 0 Å². The fraction of sp³-hybridized carbons (Fsp3) is 0.308. The van der Waals surface area contributed by atoms with Crippen molar-refractivity contribution in [3.8, 4) is 5.75 Å². The zero-order valence-corrected chi connectivity index (χ0v) is 11.0. The van der Waals surface area contributed by atoms with E-state index in [0.717, 1.165) is 11.4 Å². The molecule has 0 unspecified atom stereocenters. The molecular formula is C13H18FN3O. The summed E-state index contributed by atoms with van der Waals surface area (Å²) in [6.45, 7) is 3.76. The first-order chi connectivity index (χ1) is 8.56. The summed E-state index contributed by atoms with van der Waals surface area (Å²) >= 11 is 0.